The molecule has 0 unspecified atom stereocenters. The topological polar surface area (TPSA) is 105 Å². The minimum absolute atomic E-state index is 0.0840. The van der Waals surface area contributed by atoms with Crippen molar-refractivity contribution in [1.29, 1.82) is 0 Å². The Morgan fingerprint density at radius 1 is 0.886 bits per heavy atom. The molecule has 0 aliphatic carbocycles. The van der Waals surface area contributed by atoms with E-state index in [1.807, 2.05) is 36.1 Å². The van der Waals surface area contributed by atoms with Gasteiger partial charge in [0.05, 0.1) is 17.1 Å². The van der Waals surface area contributed by atoms with Gasteiger partial charge in [-0.25, -0.2) is 8.42 Å². The van der Waals surface area contributed by atoms with Gasteiger partial charge in [-0.15, -0.1) is 5.10 Å². The molecule has 1 aromatic heterocycles. The second-order valence-corrected chi connectivity index (χ2v) is 11.0. The third-order valence-corrected chi connectivity index (χ3v) is 8.55. The van der Waals surface area contributed by atoms with Crippen LogP contribution in [0.15, 0.2) is 53.4 Å². The Morgan fingerprint density at radius 2 is 1.54 bits per heavy atom. The fraction of sp³-hybridized carbons (Fsp3) is 0.417. The molecule has 0 radical (unpaired) electrons. The number of amides is 1. The number of tetrazole rings is 1. The number of sulfonamides is 1. The van der Waals surface area contributed by atoms with Crippen LogP contribution in [-0.2, 0) is 16.6 Å². The van der Waals surface area contributed by atoms with Crippen LogP contribution in [-0.4, -0.2) is 87.9 Å². The molecule has 184 valence electrons. The summed E-state index contributed by atoms with van der Waals surface area (Å²) in [6.07, 6.45) is 1.78. The summed E-state index contributed by atoms with van der Waals surface area (Å²) in [4.78, 5) is 17.3. The number of hydrogen-bond donors (Lipinski definition) is 0. The van der Waals surface area contributed by atoms with E-state index in [0.717, 1.165) is 24.4 Å². The van der Waals surface area contributed by atoms with E-state index in [1.54, 1.807) is 28.9 Å². The third-order valence-electron chi connectivity index (χ3n) is 6.64. The lowest BCUT2D eigenvalue weighted by Crippen LogP contribution is -2.48. The zero-order chi connectivity index (χ0) is 24.4. The quantitative estimate of drug-likeness (QED) is 0.513. The summed E-state index contributed by atoms with van der Waals surface area (Å²) >= 11 is 0. The highest BCUT2D eigenvalue weighted by Crippen LogP contribution is 2.22. The first-order valence-corrected chi connectivity index (χ1v) is 13.3. The highest BCUT2D eigenvalue weighted by atomic mass is 32.2. The van der Waals surface area contributed by atoms with E-state index in [9.17, 15) is 13.2 Å². The number of aryl methyl sites for hydroxylation is 1. The fourth-order valence-electron chi connectivity index (χ4n) is 4.53. The molecule has 2 aliphatic rings. The minimum Gasteiger partial charge on any atom is -0.336 e. The van der Waals surface area contributed by atoms with Crippen LogP contribution in [0.3, 0.4) is 0 Å². The number of nitrogens with zero attached hydrogens (tertiary/aromatic N) is 7. The van der Waals surface area contributed by atoms with Crippen LogP contribution in [0.5, 0.6) is 0 Å². The second kappa shape index (κ2) is 9.84. The summed E-state index contributed by atoms with van der Waals surface area (Å²) in [6.45, 7) is 6.32. The van der Waals surface area contributed by atoms with Gasteiger partial charge in [-0.3, -0.25) is 9.69 Å². The molecule has 2 saturated heterocycles. The van der Waals surface area contributed by atoms with E-state index in [4.69, 9.17) is 0 Å². The fourth-order valence-corrected chi connectivity index (χ4v) is 6.05. The van der Waals surface area contributed by atoms with Crippen molar-refractivity contribution >= 4 is 15.9 Å². The summed E-state index contributed by atoms with van der Waals surface area (Å²) in [7, 11) is -3.48. The van der Waals surface area contributed by atoms with Crippen LogP contribution >= 0.6 is 0 Å². The lowest BCUT2D eigenvalue weighted by molar-refractivity contribution is 0.0624. The van der Waals surface area contributed by atoms with E-state index < -0.39 is 10.0 Å². The predicted octanol–water partition coefficient (Wildman–Crippen LogP) is 1.71. The Labute approximate surface area is 205 Å². The van der Waals surface area contributed by atoms with Gasteiger partial charge in [-0.1, -0.05) is 17.7 Å². The monoisotopic (exact) mass is 495 g/mol. The summed E-state index contributed by atoms with van der Waals surface area (Å²) in [6, 6.07) is 14.4. The molecular formula is C24H29N7O3S. The van der Waals surface area contributed by atoms with Gasteiger partial charge in [-0.05, 0) is 66.6 Å². The van der Waals surface area contributed by atoms with E-state index >= 15 is 0 Å². The van der Waals surface area contributed by atoms with Gasteiger partial charge in [0, 0.05) is 44.8 Å². The van der Waals surface area contributed by atoms with Crippen molar-refractivity contribution in [2.24, 2.45) is 0 Å². The van der Waals surface area contributed by atoms with Crippen molar-refractivity contribution < 1.29 is 13.2 Å². The number of benzene rings is 2. The van der Waals surface area contributed by atoms with Gasteiger partial charge in [0.15, 0.2) is 5.82 Å². The highest BCUT2D eigenvalue weighted by molar-refractivity contribution is 7.89. The van der Waals surface area contributed by atoms with E-state index in [0.29, 0.717) is 51.4 Å². The second-order valence-electron chi connectivity index (χ2n) is 9.05. The average Bonchev–Trinajstić information content (AvgIpc) is 3.58. The average molecular weight is 496 g/mol. The van der Waals surface area contributed by atoms with Crippen molar-refractivity contribution in [3.8, 4) is 5.69 Å². The van der Waals surface area contributed by atoms with Crippen LogP contribution in [0.25, 0.3) is 5.69 Å². The van der Waals surface area contributed by atoms with Crippen LogP contribution in [0.4, 0.5) is 0 Å². The molecule has 1 amide bonds. The molecule has 0 atom stereocenters. The maximum atomic E-state index is 13.0. The maximum absolute atomic E-state index is 13.0. The zero-order valence-electron chi connectivity index (χ0n) is 19.7. The van der Waals surface area contributed by atoms with Crippen molar-refractivity contribution in [3.63, 3.8) is 0 Å². The van der Waals surface area contributed by atoms with Crippen LogP contribution in [0.2, 0.25) is 0 Å². The molecule has 0 bridgehead atoms. The van der Waals surface area contributed by atoms with Gasteiger partial charge < -0.3 is 4.90 Å². The molecule has 3 heterocycles. The van der Waals surface area contributed by atoms with Gasteiger partial charge >= 0.3 is 0 Å². The zero-order valence-corrected chi connectivity index (χ0v) is 20.6. The van der Waals surface area contributed by atoms with E-state index in [-0.39, 0.29) is 10.8 Å². The van der Waals surface area contributed by atoms with Crippen molar-refractivity contribution in [2.75, 3.05) is 39.3 Å². The lowest BCUT2D eigenvalue weighted by atomic mass is 10.2. The number of aromatic nitrogens is 4. The smallest absolute Gasteiger partial charge is 0.253 e. The minimum atomic E-state index is -3.48. The molecule has 2 aromatic carbocycles. The van der Waals surface area contributed by atoms with Gasteiger partial charge in [-0.2, -0.15) is 8.99 Å². The molecule has 11 heteroatoms. The van der Waals surface area contributed by atoms with Gasteiger partial charge in [0.25, 0.3) is 5.91 Å². The first-order chi connectivity index (χ1) is 16.9. The third kappa shape index (κ3) is 4.97. The molecule has 2 fully saturated rings. The molecule has 3 aromatic rings. The molecule has 0 N–H and O–H groups in total. The van der Waals surface area contributed by atoms with Crippen LogP contribution < -0.4 is 0 Å². The largest absolute Gasteiger partial charge is 0.336 e. The van der Waals surface area contributed by atoms with E-state index in [1.165, 1.54) is 9.87 Å². The maximum Gasteiger partial charge on any atom is 0.253 e. The normalized spacial score (nSPS) is 17.7. The Bertz CT molecular complexity index is 1280. The molecule has 0 saturated carbocycles. The summed E-state index contributed by atoms with van der Waals surface area (Å²) in [5, 5.41) is 12.2. The predicted molar refractivity (Wildman–Crippen MR) is 130 cm³/mol. The SMILES string of the molecule is Cc1ccc(-n2nnnc2CN2CCN(C(=O)c3ccc(S(=O)(=O)N4CCCC4)cc3)CC2)cc1. The van der Waals surface area contributed by atoms with Crippen LogP contribution in [0, 0.1) is 6.92 Å². The molecule has 5 rings (SSSR count). The van der Waals surface area contributed by atoms with E-state index in [2.05, 4.69) is 20.4 Å². The number of rotatable bonds is 6. The first-order valence-electron chi connectivity index (χ1n) is 11.9. The van der Waals surface area contributed by atoms with Crippen molar-refractivity contribution in [3.05, 3.63) is 65.5 Å². The molecule has 2 aliphatic heterocycles. The number of carbonyl (C=O) groups excluding carboxylic acids is 1. The molecule has 10 nitrogen and oxygen atoms in total. The number of piperazine rings is 1. The Balaban J connectivity index is 1.18. The number of hydrogen-bond acceptors (Lipinski definition) is 7. The summed E-state index contributed by atoms with van der Waals surface area (Å²) in [5.74, 6) is 0.669. The highest BCUT2D eigenvalue weighted by Gasteiger charge is 2.28. The molecule has 35 heavy (non-hydrogen) atoms. The van der Waals surface area contributed by atoms with Crippen LogP contribution in [0.1, 0.15) is 34.6 Å². The Morgan fingerprint density at radius 3 is 2.20 bits per heavy atom. The Hall–Kier alpha value is -3.15. The molecular weight excluding hydrogens is 466 g/mol. The van der Waals surface area contributed by atoms with Gasteiger partial charge in [0.1, 0.15) is 0 Å². The molecule has 0 spiro atoms. The number of carbonyl (C=O) groups is 1. The van der Waals surface area contributed by atoms with Crippen molar-refractivity contribution in [2.45, 2.75) is 31.2 Å². The lowest BCUT2D eigenvalue weighted by Gasteiger charge is -2.34. The summed E-state index contributed by atoms with van der Waals surface area (Å²) < 4.78 is 28.7. The summed E-state index contributed by atoms with van der Waals surface area (Å²) in [5.41, 5.74) is 2.59. The van der Waals surface area contributed by atoms with Crippen molar-refractivity contribution in [1.82, 2.24) is 34.3 Å². The first kappa shape index (κ1) is 23.6. The standard InChI is InChI=1S/C24H29N7O3S/c1-19-4-8-21(9-5-19)31-23(25-26-27-31)18-28-14-16-29(17-15-28)24(32)20-6-10-22(11-7-20)35(33,34)30-12-2-3-13-30/h4-11H,2-3,12-18H2,1H3. The Kier molecular flexibility index (Phi) is 6.63. The van der Waals surface area contributed by atoms with Gasteiger partial charge in [0.2, 0.25) is 10.0 Å².